The summed E-state index contributed by atoms with van der Waals surface area (Å²) < 4.78 is 12.9. The molecule has 0 radical (unpaired) electrons. The number of aryl methyl sites for hydroxylation is 1. The maximum absolute atomic E-state index is 12.9. The molecule has 3 aromatic carbocycles. The number of rotatable bonds is 6. The van der Waals surface area contributed by atoms with Gasteiger partial charge in [0.05, 0.1) is 5.75 Å². The van der Waals surface area contributed by atoms with Crippen molar-refractivity contribution in [3.05, 3.63) is 89.7 Å². The van der Waals surface area contributed by atoms with E-state index in [1.165, 1.54) is 36.0 Å². The summed E-state index contributed by atoms with van der Waals surface area (Å²) in [4.78, 5) is 25.3. The molecule has 0 spiro atoms. The summed E-state index contributed by atoms with van der Waals surface area (Å²) in [5.41, 5.74) is 2.74. The topological polar surface area (TPSA) is 58.2 Å². The molecule has 0 aromatic heterocycles. The summed E-state index contributed by atoms with van der Waals surface area (Å²) in [6.07, 6.45) is 0. The molecular formula is C22H19FN2O2S. The van der Waals surface area contributed by atoms with E-state index in [2.05, 4.69) is 10.6 Å². The first-order valence-corrected chi connectivity index (χ1v) is 9.65. The number of hydrogen-bond donors (Lipinski definition) is 2. The van der Waals surface area contributed by atoms with Crippen molar-refractivity contribution in [2.75, 3.05) is 16.4 Å². The summed E-state index contributed by atoms with van der Waals surface area (Å²) in [5, 5.41) is 5.60. The Balaban J connectivity index is 1.57. The third-order valence-electron chi connectivity index (χ3n) is 3.98. The Morgan fingerprint density at radius 3 is 2.39 bits per heavy atom. The molecule has 0 fully saturated rings. The lowest BCUT2D eigenvalue weighted by atomic mass is 10.1. The highest BCUT2D eigenvalue weighted by atomic mass is 32.2. The molecule has 3 rings (SSSR count). The Labute approximate surface area is 167 Å². The van der Waals surface area contributed by atoms with Gasteiger partial charge in [0.15, 0.2) is 0 Å². The predicted octanol–water partition coefficient (Wildman–Crippen LogP) is 5.12. The van der Waals surface area contributed by atoms with Gasteiger partial charge in [-0.2, -0.15) is 0 Å². The van der Waals surface area contributed by atoms with E-state index in [1.807, 2.05) is 43.3 Å². The average Bonchev–Trinajstić information content (AvgIpc) is 2.69. The van der Waals surface area contributed by atoms with E-state index in [0.29, 0.717) is 16.9 Å². The quantitative estimate of drug-likeness (QED) is 0.571. The largest absolute Gasteiger partial charge is 0.325 e. The van der Waals surface area contributed by atoms with Crippen molar-refractivity contribution in [1.82, 2.24) is 0 Å². The first-order valence-electron chi connectivity index (χ1n) is 8.66. The van der Waals surface area contributed by atoms with E-state index in [0.717, 1.165) is 10.5 Å². The molecule has 28 heavy (non-hydrogen) atoms. The van der Waals surface area contributed by atoms with Crippen LogP contribution in [0.4, 0.5) is 15.8 Å². The van der Waals surface area contributed by atoms with Gasteiger partial charge in [-0.05, 0) is 61.0 Å². The summed E-state index contributed by atoms with van der Waals surface area (Å²) in [6, 6.07) is 20.3. The Morgan fingerprint density at radius 1 is 0.893 bits per heavy atom. The number of carbonyl (C=O) groups is 2. The molecule has 2 N–H and O–H groups in total. The van der Waals surface area contributed by atoms with E-state index in [9.17, 15) is 14.0 Å². The summed E-state index contributed by atoms with van der Waals surface area (Å²) in [5.74, 6) is -0.510. The lowest BCUT2D eigenvalue weighted by Crippen LogP contribution is -2.14. The zero-order valence-corrected chi connectivity index (χ0v) is 16.1. The molecule has 3 aromatic rings. The first-order chi connectivity index (χ1) is 13.5. The molecule has 0 bridgehead atoms. The van der Waals surface area contributed by atoms with Gasteiger partial charge < -0.3 is 10.6 Å². The fraction of sp³-hybridized carbons (Fsp3) is 0.0909. The normalized spacial score (nSPS) is 10.4. The number of thioether (sulfide) groups is 1. The number of halogens is 1. The molecular weight excluding hydrogens is 375 g/mol. The maximum atomic E-state index is 12.9. The van der Waals surface area contributed by atoms with Gasteiger partial charge in [-0.3, -0.25) is 9.59 Å². The van der Waals surface area contributed by atoms with Gasteiger partial charge in [-0.1, -0.05) is 24.3 Å². The van der Waals surface area contributed by atoms with Crippen LogP contribution in [-0.4, -0.2) is 17.6 Å². The lowest BCUT2D eigenvalue weighted by Gasteiger charge is -2.09. The molecule has 0 atom stereocenters. The van der Waals surface area contributed by atoms with E-state index in [-0.39, 0.29) is 23.4 Å². The molecule has 0 saturated carbocycles. The highest BCUT2D eigenvalue weighted by Crippen LogP contribution is 2.23. The molecule has 6 heteroatoms. The summed E-state index contributed by atoms with van der Waals surface area (Å²) in [6.45, 7) is 1.89. The Hall–Kier alpha value is -3.12. The summed E-state index contributed by atoms with van der Waals surface area (Å²) >= 11 is 1.35. The van der Waals surface area contributed by atoms with Crippen LogP contribution in [0, 0.1) is 12.7 Å². The molecule has 142 valence electrons. The molecule has 0 aliphatic carbocycles. The van der Waals surface area contributed by atoms with Gasteiger partial charge in [0, 0.05) is 21.8 Å². The van der Waals surface area contributed by atoms with Crippen molar-refractivity contribution in [2.24, 2.45) is 0 Å². The van der Waals surface area contributed by atoms with Crippen LogP contribution < -0.4 is 10.6 Å². The minimum Gasteiger partial charge on any atom is -0.325 e. The van der Waals surface area contributed by atoms with Gasteiger partial charge in [-0.25, -0.2) is 4.39 Å². The van der Waals surface area contributed by atoms with Gasteiger partial charge in [0.25, 0.3) is 5.91 Å². The van der Waals surface area contributed by atoms with Gasteiger partial charge >= 0.3 is 0 Å². The number of nitrogens with one attached hydrogen (secondary N) is 2. The molecule has 4 nitrogen and oxygen atoms in total. The van der Waals surface area contributed by atoms with Gasteiger partial charge in [-0.15, -0.1) is 11.8 Å². The van der Waals surface area contributed by atoms with Crippen molar-refractivity contribution in [3.8, 4) is 0 Å². The number of benzene rings is 3. The number of amides is 2. The first kappa shape index (κ1) is 19.6. The van der Waals surface area contributed by atoms with E-state index in [1.54, 1.807) is 12.1 Å². The maximum Gasteiger partial charge on any atom is 0.255 e. The fourth-order valence-electron chi connectivity index (χ4n) is 2.57. The second-order valence-electron chi connectivity index (χ2n) is 6.14. The van der Waals surface area contributed by atoms with Crippen molar-refractivity contribution in [2.45, 2.75) is 11.8 Å². The lowest BCUT2D eigenvalue weighted by molar-refractivity contribution is -0.113. The van der Waals surface area contributed by atoms with Gasteiger partial charge in [0.1, 0.15) is 5.82 Å². The third-order valence-corrected chi connectivity index (χ3v) is 4.97. The molecule has 0 aliphatic heterocycles. The van der Waals surface area contributed by atoms with Crippen LogP contribution in [0.1, 0.15) is 15.9 Å². The van der Waals surface area contributed by atoms with Crippen LogP contribution in [-0.2, 0) is 4.79 Å². The van der Waals surface area contributed by atoms with Crippen molar-refractivity contribution in [3.63, 3.8) is 0 Å². The molecule has 0 aliphatic rings. The third kappa shape index (κ3) is 5.44. The van der Waals surface area contributed by atoms with E-state index >= 15 is 0 Å². The van der Waals surface area contributed by atoms with Crippen molar-refractivity contribution < 1.29 is 14.0 Å². The SMILES string of the molecule is Cc1ccccc1C(=O)Nc1cccc(SCC(=O)Nc2ccc(F)cc2)c1. The number of anilines is 2. The van der Waals surface area contributed by atoms with Crippen LogP contribution in [0.3, 0.4) is 0 Å². The Morgan fingerprint density at radius 2 is 1.64 bits per heavy atom. The molecule has 0 heterocycles. The van der Waals surface area contributed by atoms with E-state index < -0.39 is 0 Å². The fourth-order valence-corrected chi connectivity index (χ4v) is 3.32. The Bertz CT molecular complexity index is 990. The number of carbonyl (C=O) groups excluding carboxylic acids is 2. The van der Waals surface area contributed by atoms with Gasteiger partial charge in [0.2, 0.25) is 5.91 Å². The van der Waals surface area contributed by atoms with Crippen LogP contribution in [0.15, 0.2) is 77.7 Å². The zero-order chi connectivity index (χ0) is 19.9. The molecule has 2 amide bonds. The highest BCUT2D eigenvalue weighted by Gasteiger charge is 2.09. The standard InChI is InChI=1S/C22H19FN2O2S/c1-15-5-2-3-8-20(15)22(27)25-18-6-4-7-19(13-18)28-14-21(26)24-17-11-9-16(23)10-12-17/h2-13H,14H2,1H3,(H,24,26)(H,25,27). The monoisotopic (exact) mass is 394 g/mol. The number of hydrogen-bond acceptors (Lipinski definition) is 3. The Kier molecular flexibility index (Phi) is 6.45. The van der Waals surface area contributed by atoms with Crippen LogP contribution in [0.5, 0.6) is 0 Å². The minimum atomic E-state index is -0.350. The second-order valence-corrected chi connectivity index (χ2v) is 7.19. The molecule has 0 saturated heterocycles. The van der Waals surface area contributed by atoms with Crippen molar-refractivity contribution in [1.29, 1.82) is 0 Å². The van der Waals surface area contributed by atoms with Crippen LogP contribution in [0.25, 0.3) is 0 Å². The van der Waals surface area contributed by atoms with E-state index in [4.69, 9.17) is 0 Å². The smallest absolute Gasteiger partial charge is 0.255 e. The second kappa shape index (κ2) is 9.19. The van der Waals surface area contributed by atoms with Crippen LogP contribution >= 0.6 is 11.8 Å². The predicted molar refractivity (Wildman–Crippen MR) is 111 cm³/mol. The highest BCUT2D eigenvalue weighted by molar-refractivity contribution is 8.00. The summed E-state index contributed by atoms with van der Waals surface area (Å²) in [7, 11) is 0. The zero-order valence-electron chi connectivity index (χ0n) is 15.2. The molecule has 0 unspecified atom stereocenters. The van der Waals surface area contributed by atoms with Crippen LogP contribution in [0.2, 0.25) is 0 Å². The van der Waals surface area contributed by atoms with Crippen molar-refractivity contribution >= 4 is 35.0 Å². The average molecular weight is 394 g/mol. The minimum absolute atomic E-state index is 0.172.